The monoisotopic (exact) mass is 1400 g/mol. The molecule has 2 spiro atoms. The van der Waals surface area contributed by atoms with Gasteiger partial charge >= 0.3 is 460 Å². The number of ether oxygens (including phenoxy) is 4. The zero-order chi connectivity index (χ0) is 66.7. The first kappa shape index (κ1) is 66.5. The van der Waals surface area contributed by atoms with E-state index in [4.69, 9.17) is 26.5 Å². The van der Waals surface area contributed by atoms with Crippen LogP contribution in [0.15, 0.2) is 170 Å². The summed E-state index contributed by atoms with van der Waals surface area (Å²) in [6.45, 7) is 36.1. The Morgan fingerprint density at radius 3 is 0.688 bits per heavy atom. The van der Waals surface area contributed by atoms with Crippen molar-refractivity contribution in [2.24, 2.45) is 0 Å². The first-order valence-electron chi connectivity index (χ1n) is 35.9. The Labute approximate surface area is 578 Å². The Hall–Kier alpha value is -6.75. The fourth-order valence-corrected chi connectivity index (χ4v) is 46.1. The van der Waals surface area contributed by atoms with E-state index < -0.39 is 35.7 Å². The van der Waals surface area contributed by atoms with Crippen molar-refractivity contribution in [2.45, 2.75) is 155 Å². The number of benzene rings is 9. The van der Waals surface area contributed by atoms with Crippen LogP contribution < -0.4 is 25.1 Å². The number of fused-ring (bicyclic) bond motifs is 12. The summed E-state index contributed by atoms with van der Waals surface area (Å²) in [7, 11) is 0. The van der Waals surface area contributed by atoms with E-state index in [1.54, 1.807) is 0 Å². The summed E-state index contributed by atoms with van der Waals surface area (Å²) in [5, 5.41) is 0. The Bertz CT molecular complexity index is 3830. The Morgan fingerprint density at radius 2 is 0.490 bits per heavy atom. The minimum absolute atomic E-state index is 0.0920. The van der Waals surface area contributed by atoms with Gasteiger partial charge in [-0.25, -0.2) is 0 Å². The van der Waals surface area contributed by atoms with Crippen LogP contribution in [0, 0.1) is 83.1 Å². The fourth-order valence-electron chi connectivity index (χ4n) is 19.7. The number of aryl methyl sites for hydroxylation is 12. The van der Waals surface area contributed by atoms with Gasteiger partial charge in [0.1, 0.15) is 0 Å². The van der Waals surface area contributed by atoms with Crippen LogP contribution in [0.4, 0.5) is 0 Å². The van der Waals surface area contributed by atoms with Gasteiger partial charge in [0, 0.05) is 52.9 Å². The molecule has 0 bridgehead atoms. The molecule has 6 aliphatic heterocycles. The summed E-state index contributed by atoms with van der Waals surface area (Å²) in [4.78, 5) is 0. The minimum atomic E-state index is -4.56. The average molecular weight is 1400 g/mol. The van der Waals surface area contributed by atoms with Crippen molar-refractivity contribution in [3.8, 4) is 33.8 Å². The van der Waals surface area contributed by atoms with Crippen LogP contribution in [0.2, 0.25) is 0 Å². The van der Waals surface area contributed by atoms with Gasteiger partial charge < -0.3 is 18.9 Å². The molecular weight excluding hydrogens is 1300 g/mol. The standard InChI is InChI=1S/C72H66Ge2O2.4C4H8O/c1-41-33-45(5)67(46(6)34-41)73(68-47(7)35-42(2)36-48(68)8)71(57-25-17-13-21-53(57)54-22-14-18-26-58(54)71)61-29-30-62-66-64(32-31-63(75-73)65(61)66)76-74(69-49(9)37-43(3)38-50(69)10,70-51(11)39-44(4)40-52(70)12)72(62)59-27-19-15-23-55(59)56-24-16-20-28-60(56)72;4*1-2-4-5-3-1/h13-40,61-62H,1-12H3;4*1-4H2/t61-,62-;;;;/m1..../s1. The van der Waals surface area contributed by atoms with Crippen LogP contribution in [0.1, 0.15) is 163 Å². The van der Waals surface area contributed by atoms with Crippen LogP contribution >= 0.6 is 0 Å². The quantitative estimate of drug-likeness (QED) is 0.129. The summed E-state index contributed by atoms with van der Waals surface area (Å²) in [6.07, 6.45) is 15.7. The zero-order valence-electron chi connectivity index (χ0n) is 59.1. The van der Waals surface area contributed by atoms with Gasteiger partial charge in [-0.15, -0.1) is 0 Å². The van der Waals surface area contributed by atoms with E-state index in [0.717, 1.165) is 64.4 Å². The van der Waals surface area contributed by atoms with Crippen molar-refractivity contribution in [1.29, 1.82) is 0 Å². The van der Waals surface area contributed by atoms with E-state index >= 15 is 0 Å². The van der Waals surface area contributed by atoms with E-state index in [0.29, 0.717) is 0 Å². The summed E-state index contributed by atoms with van der Waals surface area (Å²) >= 11 is -9.12. The molecular formula is C88H98Ge2O6. The van der Waals surface area contributed by atoms with Crippen LogP contribution in [-0.4, -0.2) is 80.1 Å². The third-order valence-electron chi connectivity index (χ3n) is 22.3. The molecule has 0 aromatic heterocycles. The first-order valence-corrected chi connectivity index (χ1v) is 43.9. The molecule has 0 N–H and O–H groups in total. The molecule has 3 aliphatic carbocycles. The summed E-state index contributed by atoms with van der Waals surface area (Å²) in [5.41, 5.74) is 29.2. The predicted octanol–water partition coefficient (Wildman–Crippen LogP) is 17.6. The summed E-state index contributed by atoms with van der Waals surface area (Å²) in [5.74, 6) is 1.86. The van der Waals surface area contributed by atoms with Crippen LogP contribution in [0.3, 0.4) is 0 Å². The molecule has 9 aliphatic rings. The molecule has 8 heteroatoms. The molecule has 494 valence electrons. The van der Waals surface area contributed by atoms with Crippen LogP contribution in [-0.2, 0) is 27.4 Å². The van der Waals surface area contributed by atoms with E-state index in [-0.39, 0.29) is 11.8 Å². The van der Waals surface area contributed by atoms with Crippen LogP contribution in [0.5, 0.6) is 11.5 Å². The Morgan fingerprint density at radius 1 is 0.281 bits per heavy atom. The molecule has 9 aromatic rings. The molecule has 18 rings (SSSR count). The fraction of sp³-hybridized carbons (Fsp3) is 0.364. The van der Waals surface area contributed by atoms with Crippen molar-refractivity contribution in [3.63, 3.8) is 0 Å². The molecule has 9 aromatic carbocycles. The molecule has 4 saturated heterocycles. The zero-order valence-corrected chi connectivity index (χ0v) is 63.3. The molecule has 4 fully saturated rings. The van der Waals surface area contributed by atoms with Gasteiger partial charge in [-0.1, -0.05) is 0 Å². The molecule has 6 heterocycles. The number of hydrogen-bond acceptors (Lipinski definition) is 6. The molecule has 0 amide bonds. The van der Waals surface area contributed by atoms with Crippen molar-refractivity contribution in [3.05, 3.63) is 270 Å². The predicted molar refractivity (Wildman–Crippen MR) is 401 cm³/mol. The maximum atomic E-state index is 8.89. The second-order valence-electron chi connectivity index (χ2n) is 29.0. The van der Waals surface area contributed by atoms with Gasteiger partial charge in [0.25, 0.3) is 0 Å². The van der Waals surface area contributed by atoms with Crippen molar-refractivity contribution in [2.75, 3.05) is 52.9 Å². The number of rotatable bonds is 4. The molecule has 2 atom stereocenters. The molecule has 96 heavy (non-hydrogen) atoms. The Kier molecular flexibility index (Phi) is 18.8. The van der Waals surface area contributed by atoms with E-state index in [1.165, 1.54) is 191 Å². The molecule has 0 radical (unpaired) electrons. The van der Waals surface area contributed by atoms with E-state index in [1.807, 2.05) is 0 Å². The van der Waals surface area contributed by atoms with Crippen LogP contribution in [0.25, 0.3) is 22.3 Å². The van der Waals surface area contributed by atoms with Crippen molar-refractivity contribution in [1.82, 2.24) is 0 Å². The third-order valence-corrected chi connectivity index (χ3v) is 45.3. The van der Waals surface area contributed by atoms with Gasteiger partial charge in [0.05, 0.1) is 0 Å². The van der Waals surface area contributed by atoms with Gasteiger partial charge in [0.15, 0.2) is 0 Å². The summed E-state index contributed by atoms with van der Waals surface area (Å²) in [6, 6.07) is 62.1. The van der Waals surface area contributed by atoms with Gasteiger partial charge in [-0.2, -0.15) is 0 Å². The van der Waals surface area contributed by atoms with Gasteiger partial charge in [-0.3, -0.25) is 0 Å². The number of hydrogen-bond donors (Lipinski definition) is 0. The molecule has 0 saturated carbocycles. The van der Waals surface area contributed by atoms with Gasteiger partial charge in [0.2, 0.25) is 0 Å². The van der Waals surface area contributed by atoms with E-state index in [2.05, 4.69) is 253 Å². The molecule has 0 unspecified atom stereocenters. The van der Waals surface area contributed by atoms with E-state index in [9.17, 15) is 0 Å². The van der Waals surface area contributed by atoms with Crippen molar-refractivity contribution >= 4 is 44.8 Å². The first-order chi connectivity index (χ1) is 46.6. The SMILES string of the molecule is C1CCOC1.C1CCOC1.C1CCOC1.C1CCOC1.Cc1cc(C)[c]([Ge]2([c]3c(C)cc(C)cc3C)[O]c3ccc4c5c3[C@@H](C=C[C@H]5[C]3(c5ccccc5-c5ccccc53)[Ge]([c]3c(C)cc(C)cc3C)([c]3c(C)cc(C)cc3C)[O]4)[C]23c2ccccc2-c2ccccc23)c(C)c1. The maximum absolute atomic E-state index is 8.89. The third kappa shape index (κ3) is 10.6. The topological polar surface area (TPSA) is 55.4 Å². The summed E-state index contributed by atoms with van der Waals surface area (Å²) < 4.78 is 42.1. The Balaban J connectivity index is 0.000000339. The van der Waals surface area contributed by atoms with Gasteiger partial charge in [-0.05, 0) is 51.4 Å². The second kappa shape index (κ2) is 27.2. The normalized spacial score (nSPS) is 19.7. The van der Waals surface area contributed by atoms with Crippen molar-refractivity contribution < 1.29 is 26.5 Å². The average Bonchev–Trinajstić information content (AvgIpc) is 1.32. The molecule has 6 nitrogen and oxygen atoms in total. The second-order valence-corrected chi connectivity index (χ2v) is 43.0. The number of allylic oxidation sites excluding steroid dienone is 2.